The molecule has 0 unspecified atom stereocenters. The van der Waals surface area contributed by atoms with Crippen molar-refractivity contribution in [3.8, 4) is 0 Å². The van der Waals surface area contributed by atoms with E-state index in [1.54, 1.807) is 0 Å². The number of nitrogens with one attached hydrogen (secondary N) is 2. The van der Waals surface area contributed by atoms with Crippen molar-refractivity contribution >= 4 is 0 Å². The Morgan fingerprint density at radius 1 is 1.38 bits per heavy atom. The van der Waals surface area contributed by atoms with Crippen LogP contribution in [-0.4, -0.2) is 17.0 Å². The minimum atomic E-state index is 0.108. The highest BCUT2D eigenvalue weighted by molar-refractivity contribution is 5.16. The van der Waals surface area contributed by atoms with Crippen LogP contribution in [0.1, 0.15) is 38.0 Å². The minimum absolute atomic E-state index is 0.108. The highest BCUT2D eigenvalue weighted by Crippen LogP contribution is 2.20. The number of nitrogens with zero attached hydrogens (tertiary/aromatic N) is 1. The van der Waals surface area contributed by atoms with Gasteiger partial charge in [-0.15, -0.1) is 0 Å². The van der Waals surface area contributed by atoms with Gasteiger partial charge in [0.25, 0.3) is 0 Å². The molecule has 0 aliphatic heterocycles. The summed E-state index contributed by atoms with van der Waals surface area (Å²) in [6, 6.07) is 0. The lowest BCUT2D eigenvalue weighted by Crippen LogP contribution is -2.13. The number of aromatic nitrogens is 2. The van der Waals surface area contributed by atoms with E-state index < -0.39 is 0 Å². The zero-order valence-electron chi connectivity index (χ0n) is 9.15. The van der Waals surface area contributed by atoms with Gasteiger partial charge in [-0.1, -0.05) is 20.8 Å². The van der Waals surface area contributed by atoms with Crippen molar-refractivity contribution < 1.29 is 0 Å². The SMILES string of the molecule is CNCc1nc(C(C)(C)C)[nH]c1C. The van der Waals surface area contributed by atoms with Crippen LogP contribution in [0.15, 0.2) is 0 Å². The third kappa shape index (κ3) is 2.31. The molecule has 1 aromatic rings. The summed E-state index contributed by atoms with van der Waals surface area (Å²) >= 11 is 0. The molecular formula is C10H19N3. The first-order chi connectivity index (χ1) is 5.95. The maximum Gasteiger partial charge on any atom is 0.112 e. The van der Waals surface area contributed by atoms with Gasteiger partial charge >= 0.3 is 0 Å². The predicted molar refractivity (Wildman–Crippen MR) is 54.8 cm³/mol. The molecule has 3 nitrogen and oxygen atoms in total. The molecule has 0 amide bonds. The van der Waals surface area contributed by atoms with Gasteiger partial charge in [0, 0.05) is 17.7 Å². The fourth-order valence-electron chi connectivity index (χ4n) is 1.19. The normalized spacial score (nSPS) is 12.1. The molecule has 0 saturated carbocycles. The molecule has 1 rings (SSSR count). The highest BCUT2D eigenvalue weighted by Gasteiger charge is 2.18. The van der Waals surface area contributed by atoms with E-state index in [9.17, 15) is 0 Å². The molecule has 3 heteroatoms. The van der Waals surface area contributed by atoms with Crippen LogP contribution in [0, 0.1) is 6.92 Å². The summed E-state index contributed by atoms with van der Waals surface area (Å²) in [7, 11) is 1.94. The second-order valence-corrected chi connectivity index (χ2v) is 4.44. The van der Waals surface area contributed by atoms with Crippen LogP contribution in [0.25, 0.3) is 0 Å². The Kier molecular flexibility index (Phi) is 2.76. The molecule has 0 atom stereocenters. The van der Waals surface area contributed by atoms with Crippen molar-refractivity contribution in [3.05, 3.63) is 17.2 Å². The molecular weight excluding hydrogens is 162 g/mol. The summed E-state index contributed by atoms with van der Waals surface area (Å²) in [4.78, 5) is 7.87. The third-order valence-corrected chi connectivity index (χ3v) is 2.04. The molecule has 1 aromatic heterocycles. The molecule has 0 saturated heterocycles. The van der Waals surface area contributed by atoms with Crippen molar-refractivity contribution in [1.29, 1.82) is 0 Å². The third-order valence-electron chi connectivity index (χ3n) is 2.04. The number of hydrogen-bond acceptors (Lipinski definition) is 2. The number of hydrogen-bond donors (Lipinski definition) is 2. The Hall–Kier alpha value is -0.830. The first kappa shape index (κ1) is 10.3. The standard InChI is InChI=1S/C10H19N3/c1-7-8(6-11-5)13-9(12-7)10(2,3)4/h11H,6H2,1-5H3,(H,12,13). The molecule has 0 aliphatic carbocycles. The maximum absolute atomic E-state index is 4.55. The van der Waals surface area contributed by atoms with E-state index >= 15 is 0 Å². The Balaban J connectivity index is 2.95. The van der Waals surface area contributed by atoms with E-state index in [1.165, 1.54) is 5.69 Å². The summed E-state index contributed by atoms with van der Waals surface area (Å²) in [5.74, 6) is 1.07. The van der Waals surface area contributed by atoms with Crippen LogP contribution in [0.2, 0.25) is 0 Å². The number of imidazole rings is 1. The number of aromatic amines is 1. The first-order valence-electron chi connectivity index (χ1n) is 4.65. The fraction of sp³-hybridized carbons (Fsp3) is 0.700. The Morgan fingerprint density at radius 2 is 2.00 bits per heavy atom. The van der Waals surface area contributed by atoms with Crippen molar-refractivity contribution in [2.75, 3.05) is 7.05 Å². The molecule has 0 aliphatic rings. The Bertz CT molecular complexity index is 281. The molecule has 0 spiro atoms. The summed E-state index contributed by atoms with van der Waals surface area (Å²) in [5.41, 5.74) is 2.39. The van der Waals surface area contributed by atoms with Crippen LogP contribution in [0.5, 0.6) is 0 Å². The second-order valence-electron chi connectivity index (χ2n) is 4.44. The maximum atomic E-state index is 4.55. The van der Waals surface area contributed by atoms with Crippen LogP contribution >= 0.6 is 0 Å². The zero-order valence-corrected chi connectivity index (χ0v) is 9.15. The lowest BCUT2D eigenvalue weighted by molar-refractivity contribution is 0.550. The first-order valence-corrected chi connectivity index (χ1v) is 4.65. The van der Waals surface area contributed by atoms with Gasteiger partial charge in [0.1, 0.15) is 5.82 Å². The van der Waals surface area contributed by atoms with Crippen molar-refractivity contribution in [2.45, 2.75) is 39.7 Å². The van der Waals surface area contributed by atoms with Gasteiger partial charge in [0.15, 0.2) is 0 Å². The molecule has 0 bridgehead atoms. The quantitative estimate of drug-likeness (QED) is 0.729. The van der Waals surface area contributed by atoms with Gasteiger partial charge in [0.2, 0.25) is 0 Å². The average molecular weight is 181 g/mol. The van der Waals surface area contributed by atoms with Gasteiger partial charge in [-0.2, -0.15) is 0 Å². The van der Waals surface area contributed by atoms with E-state index in [4.69, 9.17) is 0 Å². The monoisotopic (exact) mass is 181 g/mol. The summed E-state index contributed by atoms with van der Waals surface area (Å²) in [6.07, 6.45) is 0. The lowest BCUT2D eigenvalue weighted by Gasteiger charge is -2.13. The van der Waals surface area contributed by atoms with Gasteiger partial charge in [-0.25, -0.2) is 4.98 Å². The molecule has 0 fully saturated rings. The van der Waals surface area contributed by atoms with E-state index in [0.717, 1.165) is 18.1 Å². The highest BCUT2D eigenvalue weighted by atomic mass is 15.0. The second kappa shape index (κ2) is 3.50. The van der Waals surface area contributed by atoms with Crippen LogP contribution in [-0.2, 0) is 12.0 Å². The number of rotatable bonds is 2. The Morgan fingerprint density at radius 3 is 2.38 bits per heavy atom. The van der Waals surface area contributed by atoms with Gasteiger partial charge in [-0.05, 0) is 14.0 Å². The van der Waals surface area contributed by atoms with Crippen LogP contribution in [0.4, 0.5) is 0 Å². The number of H-pyrrole nitrogens is 1. The van der Waals surface area contributed by atoms with E-state index in [2.05, 4.69) is 43.0 Å². The minimum Gasteiger partial charge on any atom is -0.345 e. The molecule has 1 heterocycles. The van der Waals surface area contributed by atoms with Crippen molar-refractivity contribution in [1.82, 2.24) is 15.3 Å². The van der Waals surface area contributed by atoms with E-state index in [1.807, 2.05) is 7.05 Å². The summed E-state index contributed by atoms with van der Waals surface area (Å²) in [6.45, 7) is 9.38. The fourth-order valence-corrected chi connectivity index (χ4v) is 1.19. The molecule has 2 N–H and O–H groups in total. The average Bonchev–Trinajstić information content (AvgIpc) is 2.32. The summed E-state index contributed by atoms with van der Waals surface area (Å²) in [5, 5.41) is 3.11. The van der Waals surface area contributed by atoms with E-state index in [0.29, 0.717) is 0 Å². The Labute approximate surface area is 80.0 Å². The van der Waals surface area contributed by atoms with Gasteiger partial charge < -0.3 is 10.3 Å². The smallest absolute Gasteiger partial charge is 0.112 e. The predicted octanol–water partition coefficient (Wildman–Crippen LogP) is 1.74. The lowest BCUT2D eigenvalue weighted by atomic mass is 9.96. The van der Waals surface area contributed by atoms with E-state index in [-0.39, 0.29) is 5.41 Å². The van der Waals surface area contributed by atoms with Gasteiger partial charge in [-0.3, -0.25) is 0 Å². The summed E-state index contributed by atoms with van der Waals surface area (Å²) < 4.78 is 0. The number of aryl methyl sites for hydroxylation is 1. The van der Waals surface area contributed by atoms with Gasteiger partial charge in [0.05, 0.1) is 5.69 Å². The van der Waals surface area contributed by atoms with Crippen LogP contribution in [0.3, 0.4) is 0 Å². The van der Waals surface area contributed by atoms with Crippen LogP contribution < -0.4 is 5.32 Å². The largest absolute Gasteiger partial charge is 0.345 e. The molecule has 13 heavy (non-hydrogen) atoms. The van der Waals surface area contributed by atoms with Crippen molar-refractivity contribution in [2.24, 2.45) is 0 Å². The zero-order chi connectivity index (χ0) is 10.1. The molecule has 0 aromatic carbocycles. The van der Waals surface area contributed by atoms with Crippen molar-refractivity contribution in [3.63, 3.8) is 0 Å². The molecule has 0 radical (unpaired) electrons. The molecule has 74 valence electrons. The topological polar surface area (TPSA) is 40.7 Å².